The summed E-state index contributed by atoms with van der Waals surface area (Å²) in [5.74, 6) is 0.416. The highest BCUT2D eigenvalue weighted by atomic mass is 19.1. The third-order valence-corrected chi connectivity index (χ3v) is 3.98. The molecule has 0 radical (unpaired) electrons. The molecule has 2 heterocycles. The lowest BCUT2D eigenvalue weighted by Crippen LogP contribution is -2.36. The molecule has 0 amide bonds. The Morgan fingerprint density at radius 2 is 1.95 bits per heavy atom. The summed E-state index contributed by atoms with van der Waals surface area (Å²) < 4.78 is 15.0. The van der Waals surface area contributed by atoms with E-state index in [1.165, 1.54) is 24.6 Å². The molecule has 2 aromatic rings. The lowest BCUT2D eigenvalue weighted by molar-refractivity contribution is 0.549. The van der Waals surface area contributed by atoms with Gasteiger partial charge >= 0.3 is 0 Å². The molecule has 1 aliphatic rings. The molecule has 0 unspecified atom stereocenters. The molecule has 116 valence electrons. The minimum atomic E-state index is -0.287. The number of aryl methyl sites for hydroxylation is 1. The summed E-state index contributed by atoms with van der Waals surface area (Å²) >= 11 is 0. The highest BCUT2D eigenvalue weighted by molar-refractivity contribution is 5.34. The van der Waals surface area contributed by atoms with Gasteiger partial charge in [-0.3, -0.25) is 9.36 Å². The van der Waals surface area contributed by atoms with Gasteiger partial charge in [-0.15, -0.1) is 0 Å². The average molecular weight is 301 g/mol. The summed E-state index contributed by atoms with van der Waals surface area (Å²) in [6.45, 7) is 4.01. The van der Waals surface area contributed by atoms with Crippen molar-refractivity contribution in [3.05, 3.63) is 57.8 Å². The summed E-state index contributed by atoms with van der Waals surface area (Å²) in [6.07, 6.45) is 3.45. The Morgan fingerprint density at radius 1 is 1.18 bits per heavy atom. The monoisotopic (exact) mass is 301 g/mol. The first-order chi connectivity index (χ1) is 10.6. The summed E-state index contributed by atoms with van der Waals surface area (Å²) in [6, 6.07) is 7.90. The maximum Gasteiger partial charge on any atom is 0.255 e. The van der Waals surface area contributed by atoms with Crippen LogP contribution >= 0.6 is 0 Å². The Kier molecular flexibility index (Phi) is 4.22. The van der Waals surface area contributed by atoms with Gasteiger partial charge in [0.15, 0.2) is 0 Å². The van der Waals surface area contributed by atoms with Crippen molar-refractivity contribution >= 4 is 5.95 Å². The predicted molar refractivity (Wildman–Crippen MR) is 84.8 cm³/mol. The van der Waals surface area contributed by atoms with E-state index in [9.17, 15) is 9.18 Å². The molecule has 0 aliphatic carbocycles. The van der Waals surface area contributed by atoms with Gasteiger partial charge in [0.05, 0.1) is 6.54 Å². The second-order valence-corrected chi connectivity index (χ2v) is 5.80. The maximum atomic E-state index is 13.4. The molecule has 1 saturated heterocycles. The predicted octanol–water partition coefficient (Wildman–Crippen LogP) is 2.73. The van der Waals surface area contributed by atoms with Crippen molar-refractivity contribution < 1.29 is 4.39 Å². The zero-order chi connectivity index (χ0) is 15.5. The Balaban J connectivity index is 2.00. The summed E-state index contributed by atoms with van der Waals surface area (Å²) in [7, 11) is 0. The lowest BCUT2D eigenvalue weighted by Gasteiger charge is -2.29. The van der Waals surface area contributed by atoms with Gasteiger partial charge in [0.1, 0.15) is 5.82 Å². The van der Waals surface area contributed by atoms with E-state index < -0.39 is 0 Å². The molecule has 1 aromatic heterocycles. The van der Waals surface area contributed by atoms with Crippen LogP contribution in [0.3, 0.4) is 0 Å². The van der Waals surface area contributed by atoms with Gasteiger partial charge in [-0.2, -0.15) is 0 Å². The lowest BCUT2D eigenvalue weighted by atomic mass is 10.1. The van der Waals surface area contributed by atoms with Crippen LogP contribution in [0, 0.1) is 12.7 Å². The molecule has 0 spiro atoms. The van der Waals surface area contributed by atoms with E-state index in [1.807, 2.05) is 13.0 Å². The molecule has 1 aromatic carbocycles. The minimum Gasteiger partial charge on any atom is -0.342 e. The quantitative estimate of drug-likeness (QED) is 0.875. The van der Waals surface area contributed by atoms with E-state index in [2.05, 4.69) is 9.88 Å². The van der Waals surface area contributed by atoms with E-state index >= 15 is 0 Å². The molecule has 3 rings (SSSR count). The third-order valence-electron chi connectivity index (χ3n) is 3.98. The molecule has 1 aliphatic heterocycles. The standard InChI is InChI=1S/C17H20FN3O/c1-13-10-16(22)21(12-14-6-5-7-15(18)11-14)17(19-13)20-8-3-2-4-9-20/h5-7,10-11H,2-4,8-9,12H2,1H3. The summed E-state index contributed by atoms with van der Waals surface area (Å²) in [4.78, 5) is 19.1. The fourth-order valence-corrected chi connectivity index (χ4v) is 2.91. The van der Waals surface area contributed by atoms with Gasteiger partial charge in [0.2, 0.25) is 5.95 Å². The highest BCUT2D eigenvalue weighted by Gasteiger charge is 2.17. The van der Waals surface area contributed by atoms with Crippen molar-refractivity contribution in [2.24, 2.45) is 0 Å². The van der Waals surface area contributed by atoms with Crippen LogP contribution in [0.5, 0.6) is 0 Å². The molecule has 1 fully saturated rings. The Bertz CT molecular complexity index is 720. The van der Waals surface area contributed by atoms with Crippen LogP contribution in [0.2, 0.25) is 0 Å². The first-order valence-electron chi connectivity index (χ1n) is 7.71. The number of hydrogen-bond acceptors (Lipinski definition) is 3. The maximum absolute atomic E-state index is 13.4. The van der Waals surface area contributed by atoms with E-state index in [4.69, 9.17) is 0 Å². The highest BCUT2D eigenvalue weighted by Crippen LogP contribution is 2.18. The Hall–Kier alpha value is -2.17. The number of aromatic nitrogens is 2. The fraction of sp³-hybridized carbons (Fsp3) is 0.412. The van der Waals surface area contributed by atoms with E-state index in [0.29, 0.717) is 12.5 Å². The number of rotatable bonds is 3. The smallest absolute Gasteiger partial charge is 0.255 e. The number of nitrogens with zero attached hydrogens (tertiary/aromatic N) is 3. The molecule has 0 N–H and O–H groups in total. The summed E-state index contributed by atoms with van der Waals surface area (Å²) in [5, 5.41) is 0. The summed E-state index contributed by atoms with van der Waals surface area (Å²) in [5.41, 5.74) is 1.41. The first-order valence-corrected chi connectivity index (χ1v) is 7.71. The van der Waals surface area contributed by atoms with Crippen molar-refractivity contribution in [3.63, 3.8) is 0 Å². The van der Waals surface area contributed by atoms with Gasteiger partial charge in [-0.05, 0) is 43.9 Å². The van der Waals surface area contributed by atoms with Crippen molar-refractivity contribution in [3.8, 4) is 0 Å². The number of anilines is 1. The van der Waals surface area contributed by atoms with Crippen LogP contribution < -0.4 is 10.5 Å². The van der Waals surface area contributed by atoms with Crippen LogP contribution in [0.15, 0.2) is 35.1 Å². The topological polar surface area (TPSA) is 38.1 Å². The van der Waals surface area contributed by atoms with Crippen LogP contribution in [-0.4, -0.2) is 22.6 Å². The first kappa shape index (κ1) is 14.8. The Labute approximate surface area is 129 Å². The molecular weight excluding hydrogens is 281 g/mol. The largest absolute Gasteiger partial charge is 0.342 e. The fourth-order valence-electron chi connectivity index (χ4n) is 2.91. The van der Waals surface area contributed by atoms with E-state index in [1.54, 1.807) is 10.6 Å². The van der Waals surface area contributed by atoms with Crippen molar-refractivity contribution in [2.45, 2.75) is 32.7 Å². The molecule has 4 nitrogen and oxygen atoms in total. The van der Waals surface area contributed by atoms with Crippen LogP contribution in [0.25, 0.3) is 0 Å². The zero-order valence-electron chi connectivity index (χ0n) is 12.8. The van der Waals surface area contributed by atoms with Gasteiger partial charge in [-0.1, -0.05) is 12.1 Å². The minimum absolute atomic E-state index is 0.0858. The third kappa shape index (κ3) is 3.18. The van der Waals surface area contributed by atoms with Crippen molar-refractivity contribution in [1.29, 1.82) is 0 Å². The number of benzene rings is 1. The average Bonchev–Trinajstić information content (AvgIpc) is 2.51. The second-order valence-electron chi connectivity index (χ2n) is 5.80. The molecular formula is C17H20FN3O. The normalized spacial score (nSPS) is 15.1. The second kappa shape index (κ2) is 6.30. The SMILES string of the molecule is Cc1cc(=O)n(Cc2cccc(F)c2)c(N2CCCCC2)n1. The van der Waals surface area contributed by atoms with Gasteiger partial charge in [-0.25, -0.2) is 9.37 Å². The zero-order valence-corrected chi connectivity index (χ0v) is 12.8. The van der Waals surface area contributed by atoms with Gasteiger partial charge in [0, 0.05) is 24.8 Å². The van der Waals surface area contributed by atoms with Crippen LogP contribution in [0.4, 0.5) is 10.3 Å². The van der Waals surface area contributed by atoms with E-state index in [-0.39, 0.29) is 11.4 Å². The molecule has 0 saturated carbocycles. The van der Waals surface area contributed by atoms with Crippen LogP contribution in [-0.2, 0) is 6.54 Å². The van der Waals surface area contributed by atoms with Crippen molar-refractivity contribution in [2.75, 3.05) is 18.0 Å². The van der Waals surface area contributed by atoms with Gasteiger partial charge in [0.25, 0.3) is 5.56 Å². The number of piperidine rings is 1. The Morgan fingerprint density at radius 3 is 2.68 bits per heavy atom. The van der Waals surface area contributed by atoms with Gasteiger partial charge < -0.3 is 4.90 Å². The van der Waals surface area contributed by atoms with Crippen LogP contribution in [0.1, 0.15) is 30.5 Å². The number of halogens is 1. The molecule has 5 heteroatoms. The molecule has 0 atom stereocenters. The molecule has 22 heavy (non-hydrogen) atoms. The number of hydrogen-bond donors (Lipinski definition) is 0. The van der Waals surface area contributed by atoms with Crippen molar-refractivity contribution in [1.82, 2.24) is 9.55 Å². The van der Waals surface area contributed by atoms with E-state index in [0.717, 1.165) is 37.2 Å². The molecule has 0 bridgehead atoms.